The first-order chi connectivity index (χ1) is 11.6. The fourth-order valence-electron chi connectivity index (χ4n) is 2.32. The average Bonchev–Trinajstić information content (AvgIpc) is 2.96. The maximum atomic E-state index is 13.1. The maximum Gasteiger partial charge on any atom is 0.339 e. The molecule has 7 heteroatoms. The number of esters is 1. The predicted octanol–water partition coefficient (Wildman–Crippen LogP) is 3.14. The Bertz CT molecular complexity index is 874. The largest absolute Gasteiger partial charge is 0.460 e. The summed E-state index contributed by atoms with van der Waals surface area (Å²) in [5.74, 6) is -0.872. The lowest BCUT2D eigenvalue weighted by Crippen LogP contribution is -2.11. The van der Waals surface area contributed by atoms with Gasteiger partial charge in [0.25, 0.3) is 5.71 Å². The molecule has 0 radical (unpaired) electrons. The number of hydrogen-bond donors (Lipinski definition) is 0. The highest BCUT2D eigenvalue weighted by molar-refractivity contribution is 6.04. The molecule has 0 atom stereocenters. The molecule has 0 saturated carbocycles. The highest BCUT2D eigenvalue weighted by Crippen LogP contribution is 2.27. The number of benzene rings is 1. The van der Waals surface area contributed by atoms with E-state index in [0.717, 1.165) is 0 Å². The van der Waals surface area contributed by atoms with Gasteiger partial charge in [0.1, 0.15) is 12.4 Å². The third-order valence-corrected chi connectivity index (χ3v) is 3.50. The first kappa shape index (κ1) is 16.1. The molecule has 3 rings (SSSR count). The Labute approximate surface area is 137 Å². The Hall–Kier alpha value is -2.80. The lowest BCUT2D eigenvalue weighted by molar-refractivity contribution is 0.0390. The van der Waals surface area contributed by atoms with Crippen LogP contribution >= 0.6 is 0 Å². The summed E-state index contributed by atoms with van der Waals surface area (Å²) in [4.78, 5) is 16.7. The Morgan fingerprint density at radius 1 is 1.25 bits per heavy atom. The van der Waals surface area contributed by atoms with Crippen molar-refractivity contribution in [3.8, 4) is 11.3 Å². The van der Waals surface area contributed by atoms with Gasteiger partial charge in [-0.15, -0.1) is 0 Å². The SMILES string of the molecule is COCCOC(=O)c1cc(-c2ccc(F)cc2)nc2onc(C)c12. The van der Waals surface area contributed by atoms with Crippen molar-refractivity contribution in [2.75, 3.05) is 20.3 Å². The molecule has 0 fully saturated rings. The van der Waals surface area contributed by atoms with E-state index >= 15 is 0 Å². The molecule has 24 heavy (non-hydrogen) atoms. The Morgan fingerprint density at radius 2 is 2.00 bits per heavy atom. The Balaban J connectivity index is 2.06. The summed E-state index contributed by atoms with van der Waals surface area (Å²) in [5, 5.41) is 4.36. The summed E-state index contributed by atoms with van der Waals surface area (Å²) in [6, 6.07) is 7.39. The van der Waals surface area contributed by atoms with Gasteiger partial charge in [0.2, 0.25) is 0 Å². The summed E-state index contributed by atoms with van der Waals surface area (Å²) < 4.78 is 28.4. The fraction of sp³-hybridized carbons (Fsp3) is 0.235. The van der Waals surface area contributed by atoms with E-state index < -0.39 is 5.97 Å². The van der Waals surface area contributed by atoms with E-state index in [1.165, 1.54) is 19.2 Å². The number of carbonyl (C=O) groups is 1. The number of halogens is 1. The number of pyridine rings is 1. The van der Waals surface area contributed by atoms with Crippen LogP contribution in [0.5, 0.6) is 0 Å². The highest BCUT2D eigenvalue weighted by atomic mass is 19.1. The number of fused-ring (bicyclic) bond motifs is 1. The van der Waals surface area contributed by atoms with Crippen LogP contribution in [0, 0.1) is 12.7 Å². The third-order valence-electron chi connectivity index (χ3n) is 3.50. The van der Waals surface area contributed by atoms with E-state index in [9.17, 15) is 9.18 Å². The number of ether oxygens (including phenoxy) is 2. The zero-order chi connectivity index (χ0) is 17.1. The number of carbonyl (C=O) groups excluding carboxylic acids is 1. The van der Waals surface area contributed by atoms with Gasteiger partial charge in [0, 0.05) is 12.7 Å². The van der Waals surface area contributed by atoms with E-state index in [-0.39, 0.29) is 18.1 Å². The number of aromatic nitrogens is 2. The zero-order valence-electron chi connectivity index (χ0n) is 13.2. The fourth-order valence-corrected chi connectivity index (χ4v) is 2.32. The molecule has 0 bridgehead atoms. The van der Waals surface area contributed by atoms with Gasteiger partial charge in [-0.3, -0.25) is 0 Å². The molecule has 0 spiro atoms. The number of hydrogen-bond acceptors (Lipinski definition) is 6. The van der Waals surface area contributed by atoms with Crippen molar-refractivity contribution < 1.29 is 23.2 Å². The normalized spacial score (nSPS) is 11.0. The van der Waals surface area contributed by atoms with Crippen LogP contribution in [0.3, 0.4) is 0 Å². The molecule has 0 amide bonds. The lowest BCUT2D eigenvalue weighted by Gasteiger charge is -2.07. The maximum absolute atomic E-state index is 13.1. The van der Waals surface area contributed by atoms with Crippen LogP contribution < -0.4 is 0 Å². The van der Waals surface area contributed by atoms with Crippen molar-refractivity contribution >= 4 is 17.1 Å². The lowest BCUT2D eigenvalue weighted by atomic mass is 10.1. The molecule has 124 valence electrons. The standard InChI is InChI=1S/C17H15FN2O4/c1-10-15-13(17(21)23-8-7-22-2)9-14(19-16(15)24-20-10)11-3-5-12(18)6-4-11/h3-6,9H,7-8H2,1-2H3. The molecule has 2 aromatic heterocycles. The van der Waals surface area contributed by atoms with Crippen molar-refractivity contribution in [1.29, 1.82) is 0 Å². The minimum atomic E-state index is -0.519. The van der Waals surface area contributed by atoms with Crippen LogP contribution in [0.15, 0.2) is 34.9 Å². The first-order valence-electron chi connectivity index (χ1n) is 7.29. The van der Waals surface area contributed by atoms with Crippen molar-refractivity contribution in [2.24, 2.45) is 0 Å². The van der Waals surface area contributed by atoms with Crippen LogP contribution in [0.2, 0.25) is 0 Å². The van der Waals surface area contributed by atoms with Crippen LogP contribution in [-0.4, -0.2) is 36.4 Å². The number of aryl methyl sites for hydroxylation is 1. The molecule has 0 aliphatic carbocycles. The number of methoxy groups -OCH3 is 1. The zero-order valence-corrected chi connectivity index (χ0v) is 13.2. The Morgan fingerprint density at radius 3 is 2.71 bits per heavy atom. The van der Waals surface area contributed by atoms with Crippen LogP contribution in [0.4, 0.5) is 4.39 Å². The summed E-state index contributed by atoms with van der Waals surface area (Å²) in [6.45, 7) is 2.15. The van der Waals surface area contributed by atoms with Crippen molar-refractivity contribution in [1.82, 2.24) is 10.1 Å². The average molecular weight is 330 g/mol. The van der Waals surface area contributed by atoms with Crippen molar-refractivity contribution in [2.45, 2.75) is 6.92 Å². The van der Waals surface area contributed by atoms with Gasteiger partial charge < -0.3 is 14.0 Å². The van der Waals surface area contributed by atoms with Gasteiger partial charge in [0.15, 0.2) is 0 Å². The van der Waals surface area contributed by atoms with Crippen LogP contribution in [0.1, 0.15) is 16.1 Å². The topological polar surface area (TPSA) is 74.5 Å². The minimum absolute atomic E-state index is 0.134. The highest BCUT2D eigenvalue weighted by Gasteiger charge is 2.20. The van der Waals surface area contributed by atoms with Crippen LogP contribution in [0.25, 0.3) is 22.4 Å². The molecular weight excluding hydrogens is 315 g/mol. The van der Waals surface area contributed by atoms with E-state index in [1.54, 1.807) is 25.1 Å². The van der Waals surface area contributed by atoms with Gasteiger partial charge in [-0.05, 0) is 37.3 Å². The quantitative estimate of drug-likeness (QED) is 0.528. The van der Waals surface area contributed by atoms with Gasteiger partial charge >= 0.3 is 5.97 Å². The number of rotatable bonds is 5. The van der Waals surface area contributed by atoms with Gasteiger partial charge in [-0.1, -0.05) is 5.16 Å². The minimum Gasteiger partial charge on any atom is -0.460 e. The Kier molecular flexibility index (Phi) is 4.52. The van der Waals surface area contributed by atoms with Crippen molar-refractivity contribution in [3.63, 3.8) is 0 Å². The van der Waals surface area contributed by atoms with Gasteiger partial charge in [-0.2, -0.15) is 0 Å². The molecule has 0 unspecified atom stereocenters. The monoisotopic (exact) mass is 330 g/mol. The van der Waals surface area contributed by atoms with E-state index in [2.05, 4.69) is 10.1 Å². The molecule has 0 saturated heterocycles. The second-order valence-electron chi connectivity index (χ2n) is 5.14. The van der Waals surface area contributed by atoms with E-state index in [1.807, 2.05) is 0 Å². The van der Waals surface area contributed by atoms with Crippen LogP contribution in [-0.2, 0) is 9.47 Å². The second-order valence-corrected chi connectivity index (χ2v) is 5.14. The molecule has 1 aromatic carbocycles. The second kappa shape index (κ2) is 6.76. The van der Waals surface area contributed by atoms with E-state index in [4.69, 9.17) is 14.0 Å². The molecule has 3 aromatic rings. The predicted molar refractivity (Wildman–Crippen MR) is 84.1 cm³/mol. The van der Waals surface area contributed by atoms with E-state index in [0.29, 0.717) is 34.5 Å². The molecular formula is C17H15FN2O4. The third kappa shape index (κ3) is 3.11. The molecule has 0 N–H and O–H groups in total. The summed E-state index contributed by atoms with van der Waals surface area (Å²) in [6.07, 6.45) is 0. The summed E-state index contributed by atoms with van der Waals surface area (Å²) >= 11 is 0. The summed E-state index contributed by atoms with van der Waals surface area (Å²) in [7, 11) is 1.52. The smallest absolute Gasteiger partial charge is 0.339 e. The van der Waals surface area contributed by atoms with Crippen molar-refractivity contribution in [3.05, 3.63) is 47.4 Å². The summed E-state index contributed by atoms with van der Waals surface area (Å²) in [5.41, 5.74) is 2.19. The molecule has 6 nitrogen and oxygen atoms in total. The molecule has 0 aliphatic heterocycles. The first-order valence-corrected chi connectivity index (χ1v) is 7.29. The number of nitrogens with zero attached hydrogens (tertiary/aromatic N) is 2. The van der Waals surface area contributed by atoms with Gasteiger partial charge in [0.05, 0.1) is 28.9 Å². The van der Waals surface area contributed by atoms with Gasteiger partial charge in [-0.25, -0.2) is 14.2 Å². The molecule has 2 heterocycles. The molecule has 0 aliphatic rings.